The highest BCUT2D eigenvalue weighted by molar-refractivity contribution is 5.82. The zero-order valence-corrected chi connectivity index (χ0v) is 27.4. The van der Waals surface area contributed by atoms with Crippen LogP contribution in [0.15, 0.2) is 12.2 Å². The number of nitrogens with one attached hydrogen (secondary N) is 1. The molecular weight excluding hydrogens is 510 g/mol. The Morgan fingerprint density at radius 3 is 1.34 bits per heavy atom. The molecule has 0 heterocycles. The number of allylic oxidation sites excluding steroid dienone is 1. The minimum absolute atomic E-state index is 0.333. The molecule has 0 aliphatic carbocycles. The van der Waals surface area contributed by atoms with Gasteiger partial charge in [-0.05, 0) is 19.3 Å². The van der Waals surface area contributed by atoms with E-state index in [-0.39, 0.29) is 6.61 Å². The average Bonchev–Trinajstić information content (AvgIpc) is 2.98. The summed E-state index contributed by atoms with van der Waals surface area (Å²) in [5, 5.41) is 32.9. The number of hydrogen-bond acceptors (Lipinski definition) is 4. The predicted molar refractivity (Wildman–Crippen MR) is 176 cm³/mol. The first-order valence-electron chi connectivity index (χ1n) is 18.0. The Bertz CT molecular complexity index is 568. The molecule has 1 amide bonds. The van der Waals surface area contributed by atoms with E-state index < -0.39 is 24.2 Å². The lowest BCUT2D eigenvalue weighted by Crippen LogP contribution is -2.49. The van der Waals surface area contributed by atoms with Gasteiger partial charge in [0.25, 0.3) is 5.91 Å². The Balaban J connectivity index is 3.74. The van der Waals surface area contributed by atoms with Crippen molar-refractivity contribution >= 4 is 5.91 Å². The van der Waals surface area contributed by atoms with Crippen LogP contribution in [0.3, 0.4) is 0 Å². The van der Waals surface area contributed by atoms with E-state index in [0.29, 0.717) is 6.42 Å². The van der Waals surface area contributed by atoms with Crippen LogP contribution >= 0.6 is 0 Å². The minimum Gasteiger partial charge on any atom is -0.394 e. The highest BCUT2D eigenvalue weighted by Gasteiger charge is 2.22. The molecule has 0 aromatic rings. The molecule has 5 heteroatoms. The van der Waals surface area contributed by atoms with E-state index in [1.807, 2.05) is 6.08 Å². The van der Waals surface area contributed by atoms with Gasteiger partial charge in [0.05, 0.1) is 18.8 Å². The molecule has 0 bridgehead atoms. The topological polar surface area (TPSA) is 89.8 Å². The Morgan fingerprint density at radius 2 is 0.951 bits per heavy atom. The number of aliphatic hydroxyl groups excluding tert-OH is 3. The van der Waals surface area contributed by atoms with Crippen molar-refractivity contribution in [1.29, 1.82) is 0 Å². The molecule has 0 aliphatic rings. The second kappa shape index (κ2) is 32.0. The highest BCUT2D eigenvalue weighted by Crippen LogP contribution is 2.15. The van der Waals surface area contributed by atoms with Gasteiger partial charge >= 0.3 is 0 Å². The zero-order valence-electron chi connectivity index (χ0n) is 27.4. The van der Waals surface area contributed by atoms with Crippen molar-refractivity contribution in [3.8, 4) is 0 Å². The number of aliphatic hydroxyl groups is 3. The normalized spacial score (nSPS) is 14.0. The molecule has 0 unspecified atom stereocenters. The van der Waals surface area contributed by atoms with Crippen molar-refractivity contribution in [2.24, 2.45) is 0 Å². The van der Waals surface area contributed by atoms with E-state index in [1.165, 1.54) is 147 Å². The predicted octanol–water partition coefficient (Wildman–Crippen LogP) is 9.31. The summed E-state index contributed by atoms with van der Waals surface area (Å²) in [5.41, 5.74) is 0. The van der Waals surface area contributed by atoms with Gasteiger partial charge in [0, 0.05) is 0 Å². The van der Waals surface area contributed by atoms with Crippen LogP contribution in [0, 0.1) is 0 Å². The monoisotopic (exact) mass is 582 g/mol. The van der Waals surface area contributed by atoms with Gasteiger partial charge in [0.1, 0.15) is 0 Å². The summed E-state index contributed by atoms with van der Waals surface area (Å²) < 4.78 is 0. The van der Waals surface area contributed by atoms with Crippen molar-refractivity contribution in [2.75, 3.05) is 6.61 Å². The number of hydrogen-bond donors (Lipinski definition) is 4. The Labute approximate surface area is 255 Å². The maximum absolute atomic E-state index is 12.3. The summed E-state index contributed by atoms with van der Waals surface area (Å²) in [6.45, 7) is 4.19. The number of unbranched alkanes of at least 4 members (excludes halogenated alkanes) is 24. The van der Waals surface area contributed by atoms with Crippen LogP contribution in [0.25, 0.3) is 0 Å². The summed E-state index contributed by atoms with van der Waals surface area (Å²) in [4.78, 5) is 12.3. The van der Waals surface area contributed by atoms with Crippen molar-refractivity contribution in [3.05, 3.63) is 12.2 Å². The van der Waals surface area contributed by atoms with E-state index in [1.54, 1.807) is 0 Å². The van der Waals surface area contributed by atoms with Crippen molar-refractivity contribution in [1.82, 2.24) is 5.32 Å². The Hall–Kier alpha value is -0.910. The fourth-order valence-corrected chi connectivity index (χ4v) is 5.52. The van der Waals surface area contributed by atoms with E-state index in [4.69, 9.17) is 0 Å². The van der Waals surface area contributed by atoms with Crippen LogP contribution in [-0.4, -0.2) is 46.1 Å². The summed E-state index contributed by atoms with van der Waals surface area (Å²) >= 11 is 0. The molecule has 0 saturated carbocycles. The molecule has 0 radical (unpaired) electrons. The van der Waals surface area contributed by atoms with Crippen LogP contribution < -0.4 is 5.32 Å². The van der Waals surface area contributed by atoms with Crippen LogP contribution in [0.4, 0.5) is 0 Å². The molecular formula is C36H71NO4. The maximum Gasteiger partial charge on any atom is 0.253 e. The molecule has 0 rings (SSSR count). The molecule has 4 N–H and O–H groups in total. The number of rotatable bonds is 32. The molecule has 3 atom stereocenters. The fraction of sp³-hybridized carbons (Fsp3) is 0.917. The van der Waals surface area contributed by atoms with Gasteiger partial charge < -0.3 is 20.6 Å². The second-order valence-electron chi connectivity index (χ2n) is 12.4. The Kier molecular flexibility index (Phi) is 31.3. The molecule has 41 heavy (non-hydrogen) atoms. The minimum atomic E-state index is -1.25. The molecule has 0 spiro atoms. The van der Waals surface area contributed by atoms with Crippen LogP contribution in [0.5, 0.6) is 0 Å². The van der Waals surface area contributed by atoms with Gasteiger partial charge in [-0.2, -0.15) is 0 Å². The fourth-order valence-electron chi connectivity index (χ4n) is 5.52. The lowest BCUT2D eigenvalue weighted by atomic mass is 10.0. The molecule has 5 nitrogen and oxygen atoms in total. The first-order chi connectivity index (χ1) is 20.1. The van der Waals surface area contributed by atoms with E-state index >= 15 is 0 Å². The first kappa shape index (κ1) is 40.1. The number of amides is 1. The largest absolute Gasteiger partial charge is 0.394 e. The molecule has 0 saturated heterocycles. The van der Waals surface area contributed by atoms with Crippen molar-refractivity contribution in [2.45, 2.75) is 205 Å². The standard InChI is InChI=1S/C36H71NO4/c1-3-5-7-9-11-13-15-17-19-21-23-25-27-29-31-35(40)36(41)37-33(32-38)34(39)30-28-26-24-22-20-18-16-14-12-10-8-6-4-2/h29,31,33-35,38-40H,3-28,30,32H2,1-2H3,(H,37,41)/b31-29+/t33-,34+,35+/m0/s1. The molecule has 0 fully saturated rings. The van der Waals surface area contributed by atoms with Gasteiger partial charge in [-0.1, -0.05) is 180 Å². The summed E-state index contributed by atoms with van der Waals surface area (Å²) in [5.74, 6) is -0.556. The molecule has 0 aromatic heterocycles. The van der Waals surface area contributed by atoms with E-state index in [2.05, 4.69) is 19.2 Å². The van der Waals surface area contributed by atoms with Crippen molar-refractivity contribution in [3.63, 3.8) is 0 Å². The molecule has 244 valence electrons. The molecule has 0 aliphatic heterocycles. The van der Waals surface area contributed by atoms with Crippen LogP contribution in [-0.2, 0) is 4.79 Å². The lowest BCUT2D eigenvalue weighted by Gasteiger charge is -2.23. The summed E-state index contributed by atoms with van der Waals surface area (Å²) in [6.07, 6.45) is 35.0. The SMILES string of the molecule is CCCCCCCCCCCCCC/C=C/[C@@H](O)C(=O)N[C@@H](CO)[C@H](O)CCCCCCCCCCCCCCC. The molecule has 0 aromatic carbocycles. The van der Waals surface area contributed by atoms with Gasteiger partial charge in [-0.25, -0.2) is 0 Å². The second-order valence-corrected chi connectivity index (χ2v) is 12.4. The third-order valence-electron chi connectivity index (χ3n) is 8.40. The summed E-state index contributed by atoms with van der Waals surface area (Å²) in [7, 11) is 0. The zero-order chi connectivity index (χ0) is 30.2. The number of carbonyl (C=O) groups excluding carboxylic acids is 1. The maximum atomic E-state index is 12.3. The Morgan fingerprint density at radius 1 is 0.585 bits per heavy atom. The van der Waals surface area contributed by atoms with Crippen LogP contribution in [0.2, 0.25) is 0 Å². The smallest absolute Gasteiger partial charge is 0.253 e. The van der Waals surface area contributed by atoms with Crippen LogP contribution in [0.1, 0.15) is 187 Å². The van der Waals surface area contributed by atoms with Crippen molar-refractivity contribution < 1.29 is 20.1 Å². The quantitative estimate of drug-likeness (QED) is 0.0471. The average molecular weight is 582 g/mol. The van der Waals surface area contributed by atoms with Gasteiger partial charge in [0.15, 0.2) is 6.10 Å². The summed E-state index contributed by atoms with van der Waals surface area (Å²) in [6, 6.07) is -0.737. The third kappa shape index (κ3) is 27.7. The number of carbonyl (C=O) groups is 1. The van der Waals surface area contributed by atoms with E-state index in [0.717, 1.165) is 25.7 Å². The highest BCUT2D eigenvalue weighted by atomic mass is 16.3. The lowest BCUT2D eigenvalue weighted by molar-refractivity contribution is -0.129. The van der Waals surface area contributed by atoms with Gasteiger partial charge in [0.2, 0.25) is 0 Å². The third-order valence-corrected chi connectivity index (χ3v) is 8.40. The van der Waals surface area contributed by atoms with E-state index in [9.17, 15) is 20.1 Å². The first-order valence-corrected chi connectivity index (χ1v) is 18.0. The van der Waals surface area contributed by atoms with Gasteiger partial charge in [-0.15, -0.1) is 0 Å². The van der Waals surface area contributed by atoms with Gasteiger partial charge in [-0.3, -0.25) is 4.79 Å².